The normalized spacial score (nSPS) is 22.4. The van der Waals surface area contributed by atoms with Crippen molar-refractivity contribution in [3.63, 3.8) is 0 Å². The van der Waals surface area contributed by atoms with Crippen LogP contribution in [0.5, 0.6) is 0 Å². The molecule has 1 aliphatic carbocycles. The molecule has 0 aliphatic heterocycles. The maximum absolute atomic E-state index is 5.67. The van der Waals surface area contributed by atoms with Crippen LogP contribution >= 0.6 is 0 Å². The maximum atomic E-state index is 5.67. The van der Waals surface area contributed by atoms with Crippen molar-refractivity contribution in [1.29, 1.82) is 0 Å². The van der Waals surface area contributed by atoms with Crippen molar-refractivity contribution >= 4 is 5.69 Å². The third-order valence-corrected chi connectivity index (χ3v) is 3.38. The Morgan fingerprint density at radius 3 is 2.71 bits per heavy atom. The first-order valence-electron chi connectivity index (χ1n) is 5.93. The average molecular weight is 225 g/mol. The molecular weight excluding hydrogens is 210 g/mol. The molecule has 1 aromatic heterocycles. The van der Waals surface area contributed by atoms with Crippen molar-refractivity contribution in [2.45, 2.75) is 18.8 Å². The summed E-state index contributed by atoms with van der Waals surface area (Å²) in [4.78, 5) is 8.26. The minimum atomic E-state index is 0.621. The summed E-state index contributed by atoms with van der Waals surface area (Å²) >= 11 is 0. The van der Waals surface area contributed by atoms with Gasteiger partial charge in [0, 0.05) is 23.5 Å². The molecule has 2 N–H and O–H groups in total. The molecule has 3 rings (SSSR count). The fourth-order valence-electron chi connectivity index (χ4n) is 2.31. The third-order valence-electron chi connectivity index (χ3n) is 3.38. The Morgan fingerprint density at radius 2 is 2.00 bits per heavy atom. The Morgan fingerprint density at radius 1 is 1.18 bits per heavy atom. The van der Waals surface area contributed by atoms with Gasteiger partial charge in [0.05, 0.1) is 0 Å². The molecule has 2 aromatic rings. The summed E-state index contributed by atoms with van der Waals surface area (Å²) in [6.07, 6.45) is 5.81. The van der Waals surface area contributed by atoms with E-state index in [0.29, 0.717) is 5.92 Å². The second kappa shape index (κ2) is 4.17. The van der Waals surface area contributed by atoms with Gasteiger partial charge in [0.25, 0.3) is 0 Å². The van der Waals surface area contributed by atoms with Crippen LogP contribution in [0.15, 0.2) is 42.9 Å². The summed E-state index contributed by atoms with van der Waals surface area (Å²) in [6.45, 7) is 0. The zero-order valence-corrected chi connectivity index (χ0v) is 9.58. The minimum Gasteiger partial charge on any atom is -0.399 e. The summed E-state index contributed by atoms with van der Waals surface area (Å²) in [5.74, 6) is 1.35. The van der Waals surface area contributed by atoms with Gasteiger partial charge in [0.2, 0.25) is 0 Å². The molecule has 0 radical (unpaired) electrons. The summed E-state index contributed by atoms with van der Waals surface area (Å²) < 4.78 is 0. The number of nitrogens with two attached hydrogens (primary N) is 1. The Kier molecular flexibility index (Phi) is 2.52. The van der Waals surface area contributed by atoms with Gasteiger partial charge in [-0.1, -0.05) is 12.1 Å². The standard InChI is InChI=1S/C14H15N3/c15-12-3-1-10(2-4-12)7-11-8-13(11)14-5-6-16-9-17-14/h1-6,9,11,13H,7-8,15H2. The molecule has 2 atom stereocenters. The lowest BCUT2D eigenvalue weighted by Crippen LogP contribution is -1.93. The van der Waals surface area contributed by atoms with Crippen molar-refractivity contribution in [3.8, 4) is 0 Å². The number of hydrogen-bond acceptors (Lipinski definition) is 3. The van der Waals surface area contributed by atoms with Crippen LogP contribution in [0.25, 0.3) is 0 Å². The molecule has 86 valence electrons. The van der Waals surface area contributed by atoms with E-state index in [4.69, 9.17) is 5.73 Å². The number of hydrogen-bond donors (Lipinski definition) is 1. The Bertz CT molecular complexity index is 493. The number of rotatable bonds is 3. The molecule has 2 unspecified atom stereocenters. The van der Waals surface area contributed by atoms with Gasteiger partial charge in [-0.3, -0.25) is 0 Å². The van der Waals surface area contributed by atoms with E-state index in [1.165, 1.54) is 17.7 Å². The quantitative estimate of drug-likeness (QED) is 0.816. The lowest BCUT2D eigenvalue weighted by molar-refractivity contribution is 0.780. The second-order valence-electron chi connectivity index (χ2n) is 4.68. The molecular formula is C14H15N3. The number of anilines is 1. The van der Waals surface area contributed by atoms with E-state index in [9.17, 15) is 0 Å². The summed E-state index contributed by atoms with van der Waals surface area (Å²) in [7, 11) is 0. The predicted molar refractivity (Wildman–Crippen MR) is 67.4 cm³/mol. The van der Waals surface area contributed by atoms with Crippen molar-refractivity contribution in [1.82, 2.24) is 9.97 Å². The fourth-order valence-corrected chi connectivity index (χ4v) is 2.31. The molecule has 1 heterocycles. The largest absolute Gasteiger partial charge is 0.399 e. The second-order valence-corrected chi connectivity index (χ2v) is 4.68. The molecule has 17 heavy (non-hydrogen) atoms. The third kappa shape index (κ3) is 2.28. The van der Waals surface area contributed by atoms with Crippen molar-refractivity contribution in [2.75, 3.05) is 5.73 Å². The molecule has 0 bridgehead atoms. The van der Waals surface area contributed by atoms with Crippen LogP contribution < -0.4 is 5.73 Å². The molecule has 3 nitrogen and oxygen atoms in total. The highest BCUT2D eigenvalue weighted by Crippen LogP contribution is 2.48. The summed E-state index contributed by atoms with van der Waals surface area (Å²) in [5.41, 5.74) is 9.05. The average Bonchev–Trinajstić information content (AvgIpc) is 3.13. The van der Waals surface area contributed by atoms with Gasteiger partial charge in [0.15, 0.2) is 0 Å². The van der Waals surface area contributed by atoms with E-state index in [1.807, 2.05) is 24.4 Å². The van der Waals surface area contributed by atoms with E-state index in [0.717, 1.165) is 18.0 Å². The van der Waals surface area contributed by atoms with E-state index >= 15 is 0 Å². The van der Waals surface area contributed by atoms with Crippen LogP contribution in [0.2, 0.25) is 0 Å². The number of nitrogens with zero attached hydrogens (tertiary/aromatic N) is 2. The van der Waals surface area contributed by atoms with Gasteiger partial charge < -0.3 is 5.73 Å². The maximum Gasteiger partial charge on any atom is 0.115 e. The highest BCUT2D eigenvalue weighted by atomic mass is 14.8. The van der Waals surface area contributed by atoms with Gasteiger partial charge in [-0.25, -0.2) is 9.97 Å². The van der Waals surface area contributed by atoms with Crippen molar-refractivity contribution in [2.24, 2.45) is 5.92 Å². The van der Waals surface area contributed by atoms with Gasteiger partial charge in [-0.05, 0) is 42.5 Å². The highest BCUT2D eigenvalue weighted by molar-refractivity contribution is 5.39. The van der Waals surface area contributed by atoms with Gasteiger partial charge in [0.1, 0.15) is 6.33 Å². The topological polar surface area (TPSA) is 51.8 Å². The molecule has 3 heteroatoms. The number of nitrogen functional groups attached to an aromatic ring is 1. The molecule has 1 fully saturated rings. The molecule has 1 aromatic carbocycles. The Balaban J connectivity index is 1.64. The van der Waals surface area contributed by atoms with E-state index in [1.54, 1.807) is 6.33 Å². The summed E-state index contributed by atoms with van der Waals surface area (Å²) in [6, 6.07) is 10.2. The molecule has 0 saturated heterocycles. The monoisotopic (exact) mass is 225 g/mol. The molecule has 0 amide bonds. The van der Waals surface area contributed by atoms with Crippen LogP contribution in [-0.4, -0.2) is 9.97 Å². The Hall–Kier alpha value is -1.90. The summed E-state index contributed by atoms with van der Waals surface area (Å²) in [5, 5.41) is 0. The van der Waals surface area contributed by atoms with Gasteiger partial charge >= 0.3 is 0 Å². The van der Waals surface area contributed by atoms with Crippen LogP contribution in [0.3, 0.4) is 0 Å². The van der Waals surface area contributed by atoms with Gasteiger partial charge in [-0.2, -0.15) is 0 Å². The van der Waals surface area contributed by atoms with Crippen molar-refractivity contribution < 1.29 is 0 Å². The lowest BCUT2D eigenvalue weighted by Gasteiger charge is -2.01. The molecule has 0 spiro atoms. The molecule has 1 saturated carbocycles. The molecule has 1 aliphatic rings. The van der Waals surface area contributed by atoms with Crippen LogP contribution in [-0.2, 0) is 6.42 Å². The zero-order chi connectivity index (χ0) is 11.7. The van der Waals surface area contributed by atoms with E-state index < -0.39 is 0 Å². The first-order chi connectivity index (χ1) is 8.33. The van der Waals surface area contributed by atoms with Crippen LogP contribution in [0.4, 0.5) is 5.69 Å². The first-order valence-corrected chi connectivity index (χ1v) is 5.93. The fraction of sp³-hybridized carbons (Fsp3) is 0.286. The first kappa shape index (κ1) is 10.3. The zero-order valence-electron chi connectivity index (χ0n) is 9.58. The van der Waals surface area contributed by atoms with E-state index in [-0.39, 0.29) is 0 Å². The van der Waals surface area contributed by atoms with Crippen LogP contribution in [0.1, 0.15) is 23.6 Å². The lowest BCUT2D eigenvalue weighted by atomic mass is 10.1. The minimum absolute atomic E-state index is 0.621. The smallest absolute Gasteiger partial charge is 0.115 e. The van der Waals surface area contributed by atoms with E-state index in [2.05, 4.69) is 22.1 Å². The van der Waals surface area contributed by atoms with Crippen molar-refractivity contribution in [3.05, 3.63) is 54.1 Å². The SMILES string of the molecule is Nc1ccc(CC2CC2c2ccncn2)cc1. The van der Waals surface area contributed by atoms with Crippen LogP contribution in [0, 0.1) is 5.92 Å². The number of benzene rings is 1. The highest BCUT2D eigenvalue weighted by Gasteiger charge is 2.38. The predicted octanol–water partition coefficient (Wildman–Crippen LogP) is 2.41. The van der Waals surface area contributed by atoms with Gasteiger partial charge in [-0.15, -0.1) is 0 Å². The number of aromatic nitrogens is 2. The Labute approximate surface area is 101 Å².